The van der Waals surface area contributed by atoms with E-state index in [-0.39, 0.29) is 12.5 Å². The second kappa shape index (κ2) is 8.82. The summed E-state index contributed by atoms with van der Waals surface area (Å²) in [7, 11) is 0. The van der Waals surface area contributed by atoms with Gasteiger partial charge in [0.1, 0.15) is 11.6 Å². The molecular formula is C19H17ClN4O2. The summed E-state index contributed by atoms with van der Waals surface area (Å²) in [6.45, 7) is 0.505. The molecule has 0 saturated carbocycles. The molecule has 0 unspecified atom stereocenters. The van der Waals surface area contributed by atoms with Crippen LogP contribution in [0.1, 0.15) is 5.56 Å². The number of nitrogens with one attached hydrogen (secondary N) is 2. The van der Waals surface area contributed by atoms with Crippen molar-refractivity contribution in [3.8, 4) is 5.75 Å². The standard InChI is InChI=1S/C19H17ClN4O2/c20-15-8-6-14(7-9-15)12-21-17-10-11-18(24-23-17)22-19(25)13-26-16-4-2-1-3-5-16/h1-11H,12-13H2,(H,21,23)(H,22,24,25). The quantitative estimate of drug-likeness (QED) is 0.664. The van der Waals surface area contributed by atoms with Crippen molar-refractivity contribution in [3.05, 3.63) is 77.3 Å². The highest BCUT2D eigenvalue weighted by molar-refractivity contribution is 6.30. The molecule has 0 radical (unpaired) electrons. The number of anilines is 2. The summed E-state index contributed by atoms with van der Waals surface area (Å²) in [6, 6.07) is 20.1. The lowest BCUT2D eigenvalue weighted by molar-refractivity contribution is -0.118. The first-order valence-electron chi connectivity index (χ1n) is 7.99. The summed E-state index contributed by atoms with van der Waals surface area (Å²) >= 11 is 5.86. The van der Waals surface area contributed by atoms with Gasteiger partial charge >= 0.3 is 0 Å². The maximum absolute atomic E-state index is 11.9. The van der Waals surface area contributed by atoms with Gasteiger partial charge in [0.25, 0.3) is 5.91 Å². The minimum Gasteiger partial charge on any atom is -0.484 e. The fourth-order valence-corrected chi connectivity index (χ4v) is 2.26. The van der Waals surface area contributed by atoms with Crippen molar-refractivity contribution in [1.29, 1.82) is 0 Å². The Hall–Kier alpha value is -3.12. The number of halogens is 1. The summed E-state index contributed by atoms with van der Waals surface area (Å²) < 4.78 is 5.38. The summed E-state index contributed by atoms with van der Waals surface area (Å²) in [4.78, 5) is 11.9. The Bertz CT molecular complexity index is 840. The van der Waals surface area contributed by atoms with Crippen molar-refractivity contribution in [2.24, 2.45) is 0 Å². The van der Waals surface area contributed by atoms with Crippen LogP contribution in [0.15, 0.2) is 66.7 Å². The molecule has 1 aromatic heterocycles. The SMILES string of the molecule is O=C(COc1ccccc1)Nc1ccc(NCc2ccc(Cl)cc2)nn1. The van der Waals surface area contributed by atoms with E-state index in [2.05, 4.69) is 20.8 Å². The fraction of sp³-hybridized carbons (Fsp3) is 0.105. The maximum Gasteiger partial charge on any atom is 0.263 e. The Balaban J connectivity index is 1.46. The van der Waals surface area contributed by atoms with Crippen LogP contribution in [0.25, 0.3) is 0 Å². The van der Waals surface area contributed by atoms with E-state index in [1.54, 1.807) is 24.3 Å². The van der Waals surface area contributed by atoms with Crippen molar-refractivity contribution in [1.82, 2.24) is 10.2 Å². The van der Waals surface area contributed by atoms with Gasteiger partial charge in [-0.2, -0.15) is 0 Å². The molecule has 2 aromatic carbocycles. The number of aromatic nitrogens is 2. The van der Waals surface area contributed by atoms with Crippen LogP contribution in [0.3, 0.4) is 0 Å². The topological polar surface area (TPSA) is 76.1 Å². The Labute approximate surface area is 156 Å². The molecule has 0 atom stereocenters. The van der Waals surface area contributed by atoms with E-state index in [1.165, 1.54) is 0 Å². The van der Waals surface area contributed by atoms with Crippen LogP contribution in [-0.4, -0.2) is 22.7 Å². The molecule has 0 aliphatic rings. The molecule has 0 fully saturated rings. The molecule has 6 nitrogen and oxygen atoms in total. The molecule has 2 N–H and O–H groups in total. The number of nitrogens with zero attached hydrogens (tertiary/aromatic N) is 2. The molecule has 3 rings (SSSR count). The zero-order chi connectivity index (χ0) is 18.2. The molecule has 7 heteroatoms. The van der Waals surface area contributed by atoms with Gasteiger partial charge in [-0.1, -0.05) is 41.9 Å². The molecule has 0 saturated heterocycles. The van der Waals surface area contributed by atoms with Crippen molar-refractivity contribution >= 4 is 29.1 Å². The van der Waals surface area contributed by atoms with Gasteiger partial charge in [0, 0.05) is 11.6 Å². The highest BCUT2D eigenvalue weighted by Gasteiger charge is 2.05. The van der Waals surface area contributed by atoms with Gasteiger partial charge in [0.2, 0.25) is 0 Å². The van der Waals surface area contributed by atoms with Crippen LogP contribution < -0.4 is 15.4 Å². The molecule has 26 heavy (non-hydrogen) atoms. The molecule has 0 bridgehead atoms. The number of benzene rings is 2. The highest BCUT2D eigenvalue weighted by atomic mass is 35.5. The van der Waals surface area contributed by atoms with E-state index in [4.69, 9.17) is 16.3 Å². The smallest absolute Gasteiger partial charge is 0.263 e. The maximum atomic E-state index is 11.9. The molecule has 0 aliphatic carbocycles. The summed E-state index contributed by atoms with van der Waals surface area (Å²) in [5, 5.41) is 14.5. The van der Waals surface area contributed by atoms with Gasteiger partial charge < -0.3 is 15.4 Å². The average molecular weight is 369 g/mol. The zero-order valence-electron chi connectivity index (χ0n) is 13.9. The second-order valence-corrected chi connectivity index (χ2v) is 5.87. The highest BCUT2D eigenvalue weighted by Crippen LogP contribution is 2.12. The van der Waals surface area contributed by atoms with Crippen LogP contribution in [-0.2, 0) is 11.3 Å². The summed E-state index contributed by atoms with van der Waals surface area (Å²) in [5.74, 6) is 1.31. The zero-order valence-corrected chi connectivity index (χ0v) is 14.6. The van der Waals surface area contributed by atoms with E-state index in [0.29, 0.717) is 29.0 Å². The average Bonchev–Trinajstić information content (AvgIpc) is 2.68. The Morgan fingerprint density at radius 2 is 1.62 bits per heavy atom. The number of ether oxygens (including phenoxy) is 1. The van der Waals surface area contributed by atoms with Crippen molar-refractivity contribution in [2.75, 3.05) is 17.2 Å². The Morgan fingerprint density at radius 1 is 0.923 bits per heavy atom. The predicted octanol–water partition coefficient (Wildman–Crippen LogP) is 3.76. The molecular weight excluding hydrogens is 352 g/mol. The number of amides is 1. The third-order valence-corrected chi connectivity index (χ3v) is 3.68. The van der Waals surface area contributed by atoms with E-state index < -0.39 is 0 Å². The number of carbonyl (C=O) groups is 1. The number of para-hydroxylation sites is 1. The first-order valence-corrected chi connectivity index (χ1v) is 8.36. The Morgan fingerprint density at radius 3 is 2.31 bits per heavy atom. The molecule has 1 amide bonds. The molecule has 1 heterocycles. The van der Waals surface area contributed by atoms with Crippen molar-refractivity contribution in [2.45, 2.75) is 6.54 Å². The van der Waals surface area contributed by atoms with Gasteiger partial charge in [-0.25, -0.2) is 0 Å². The molecule has 0 spiro atoms. The largest absolute Gasteiger partial charge is 0.484 e. The van der Waals surface area contributed by atoms with Gasteiger partial charge in [-0.3, -0.25) is 4.79 Å². The normalized spacial score (nSPS) is 10.2. The molecule has 3 aromatic rings. The first kappa shape index (κ1) is 17.7. The minimum atomic E-state index is -0.301. The van der Waals surface area contributed by atoms with Crippen LogP contribution in [0.5, 0.6) is 5.75 Å². The number of hydrogen-bond acceptors (Lipinski definition) is 5. The van der Waals surface area contributed by atoms with Gasteiger partial charge in [0.05, 0.1) is 0 Å². The van der Waals surface area contributed by atoms with Crippen LogP contribution in [0.2, 0.25) is 5.02 Å². The lowest BCUT2D eigenvalue weighted by atomic mass is 10.2. The van der Waals surface area contributed by atoms with Crippen molar-refractivity contribution in [3.63, 3.8) is 0 Å². The predicted molar refractivity (Wildman–Crippen MR) is 101 cm³/mol. The van der Waals surface area contributed by atoms with E-state index in [0.717, 1.165) is 5.56 Å². The third-order valence-electron chi connectivity index (χ3n) is 3.43. The van der Waals surface area contributed by atoms with Crippen LogP contribution >= 0.6 is 11.6 Å². The lowest BCUT2D eigenvalue weighted by Crippen LogP contribution is -2.21. The second-order valence-electron chi connectivity index (χ2n) is 5.43. The fourth-order valence-electron chi connectivity index (χ4n) is 2.13. The Kier molecular flexibility index (Phi) is 6.01. The van der Waals surface area contributed by atoms with Gasteiger partial charge in [0.15, 0.2) is 12.4 Å². The number of hydrogen-bond donors (Lipinski definition) is 2. The summed E-state index contributed by atoms with van der Waals surface area (Å²) in [6.07, 6.45) is 0. The van der Waals surface area contributed by atoms with Crippen LogP contribution in [0.4, 0.5) is 11.6 Å². The monoisotopic (exact) mass is 368 g/mol. The van der Waals surface area contributed by atoms with Crippen molar-refractivity contribution < 1.29 is 9.53 Å². The van der Waals surface area contributed by atoms with E-state index in [1.807, 2.05) is 42.5 Å². The van der Waals surface area contributed by atoms with E-state index in [9.17, 15) is 4.79 Å². The molecule has 0 aliphatic heterocycles. The van der Waals surface area contributed by atoms with E-state index >= 15 is 0 Å². The van der Waals surface area contributed by atoms with Gasteiger partial charge in [-0.15, -0.1) is 10.2 Å². The number of rotatable bonds is 7. The lowest BCUT2D eigenvalue weighted by Gasteiger charge is -2.08. The minimum absolute atomic E-state index is 0.0950. The summed E-state index contributed by atoms with van der Waals surface area (Å²) in [5.41, 5.74) is 1.08. The van der Waals surface area contributed by atoms with Gasteiger partial charge in [-0.05, 0) is 42.0 Å². The third kappa shape index (κ3) is 5.46. The first-order chi connectivity index (χ1) is 12.7. The van der Waals surface area contributed by atoms with Crippen LogP contribution in [0, 0.1) is 0 Å². The number of carbonyl (C=O) groups excluding carboxylic acids is 1. The molecule has 132 valence electrons.